The molecule has 0 saturated heterocycles. The van der Waals surface area contributed by atoms with Gasteiger partial charge in [-0.15, -0.1) is 11.8 Å². The van der Waals surface area contributed by atoms with E-state index in [1.54, 1.807) is 7.11 Å². The highest BCUT2D eigenvalue weighted by Gasteiger charge is 2.15. The average Bonchev–Trinajstić information content (AvgIpc) is 3.00. The molecule has 0 spiro atoms. The third-order valence-electron chi connectivity index (χ3n) is 4.05. The number of hydrogen-bond donors (Lipinski definition) is 1. The van der Waals surface area contributed by atoms with E-state index in [1.165, 1.54) is 40.8 Å². The van der Waals surface area contributed by atoms with E-state index in [1.807, 2.05) is 23.9 Å². The second kappa shape index (κ2) is 6.54. The minimum absolute atomic E-state index is 0.287. The van der Waals surface area contributed by atoms with Crippen LogP contribution in [0.15, 0.2) is 47.4 Å². The van der Waals surface area contributed by atoms with Crippen LogP contribution in [0.25, 0.3) is 0 Å². The number of nitrogens with two attached hydrogens (primary N) is 1. The van der Waals surface area contributed by atoms with Crippen LogP contribution in [0.1, 0.15) is 28.4 Å². The van der Waals surface area contributed by atoms with E-state index >= 15 is 0 Å². The molecule has 0 bridgehead atoms. The molecule has 1 unspecified atom stereocenters. The standard InChI is InChI=1S/C18H21NOS/c1-20-16-8-5-14(6-9-16)18(12-19)21-17-10-7-13-3-2-4-15(13)11-17/h5-11,18H,2-4,12,19H2,1H3. The minimum Gasteiger partial charge on any atom is -0.497 e. The van der Waals surface area contributed by atoms with Crippen LogP contribution in [0.4, 0.5) is 0 Å². The summed E-state index contributed by atoms with van der Waals surface area (Å²) in [5.74, 6) is 0.886. The Morgan fingerprint density at radius 1 is 1.10 bits per heavy atom. The first-order chi connectivity index (χ1) is 10.3. The Morgan fingerprint density at radius 2 is 1.86 bits per heavy atom. The lowest BCUT2D eigenvalue weighted by molar-refractivity contribution is 0.414. The Morgan fingerprint density at radius 3 is 2.57 bits per heavy atom. The lowest BCUT2D eigenvalue weighted by Crippen LogP contribution is -2.09. The van der Waals surface area contributed by atoms with E-state index < -0.39 is 0 Å². The van der Waals surface area contributed by atoms with Crippen molar-refractivity contribution >= 4 is 11.8 Å². The number of methoxy groups -OCH3 is 1. The van der Waals surface area contributed by atoms with Crippen molar-refractivity contribution in [3.63, 3.8) is 0 Å². The van der Waals surface area contributed by atoms with Crippen LogP contribution in [0.5, 0.6) is 5.75 Å². The quantitative estimate of drug-likeness (QED) is 0.848. The summed E-state index contributed by atoms with van der Waals surface area (Å²) in [7, 11) is 1.69. The Bertz CT molecular complexity index is 609. The molecule has 0 aromatic heterocycles. The van der Waals surface area contributed by atoms with Gasteiger partial charge in [-0.25, -0.2) is 0 Å². The molecule has 0 saturated carbocycles. The van der Waals surface area contributed by atoms with E-state index in [2.05, 4.69) is 30.3 Å². The fraction of sp³-hybridized carbons (Fsp3) is 0.333. The summed E-state index contributed by atoms with van der Waals surface area (Å²) >= 11 is 1.86. The molecular weight excluding hydrogens is 278 g/mol. The van der Waals surface area contributed by atoms with Crippen LogP contribution >= 0.6 is 11.8 Å². The number of thioether (sulfide) groups is 1. The summed E-state index contributed by atoms with van der Waals surface area (Å²) in [6.45, 7) is 0.633. The third-order valence-corrected chi connectivity index (χ3v) is 5.33. The molecule has 0 aliphatic heterocycles. The van der Waals surface area contributed by atoms with Gasteiger partial charge in [0.15, 0.2) is 0 Å². The van der Waals surface area contributed by atoms with Crippen LogP contribution in [0, 0.1) is 0 Å². The molecule has 110 valence electrons. The molecule has 2 nitrogen and oxygen atoms in total. The lowest BCUT2D eigenvalue weighted by atomic mass is 10.1. The summed E-state index contributed by atoms with van der Waals surface area (Å²) in [6.07, 6.45) is 3.75. The van der Waals surface area contributed by atoms with Gasteiger partial charge in [-0.3, -0.25) is 0 Å². The molecule has 0 heterocycles. The SMILES string of the molecule is COc1ccc(C(CN)Sc2ccc3c(c2)CCC3)cc1. The zero-order valence-corrected chi connectivity index (χ0v) is 13.2. The van der Waals surface area contributed by atoms with E-state index in [0.717, 1.165) is 5.75 Å². The number of rotatable bonds is 5. The molecule has 2 aromatic rings. The van der Waals surface area contributed by atoms with Gasteiger partial charge in [0.25, 0.3) is 0 Å². The van der Waals surface area contributed by atoms with Crippen molar-refractivity contribution in [2.24, 2.45) is 5.73 Å². The van der Waals surface area contributed by atoms with E-state index in [9.17, 15) is 0 Å². The summed E-state index contributed by atoms with van der Waals surface area (Å²) in [6, 6.07) is 15.1. The zero-order valence-electron chi connectivity index (χ0n) is 12.3. The Labute approximate surface area is 130 Å². The van der Waals surface area contributed by atoms with Gasteiger partial charge in [0.05, 0.1) is 7.11 Å². The van der Waals surface area contributed by atoms with Gasteiger partial charge in [-0.2, -0.15) is 0 Å². The fourth-order valence-electron chi connectivity index (χ4n) is 2.86. The molecule has 0 fully saturated rings. The molecule has 1 aliphatic rings. The third kappa shape index (κ3) is 3.25. The molecule has 21 heavy (non-hydrogen) atoms. The number of aryl methyl sites for hydroxylation is 2. The van der Waals surface area contributed by atoms with E-state index in [0.29, 0.717) is 6.54 Å². The fourth-order valence-corrected chi connectivity index (χ4v) is 3.93. The van der Waals surface area contributed by atoms with Gasteiger partial charge in [0.2, 0.25) is 0 Å². The van der Waals surface area contributed by atoms with Crippen molar-refractivity contribution < 1.29 is 4.74 Å². The normalized spacial score (nSPS) is 14.8. The van der Waals surface area contributed by atoms with Crippen molar-refractivity contribution in [2.45, 2.75) is 29.4 Å². The maximum Gasteiger partial charge on any atom is 0.118 e. The number of hydrogen-bond acceptors (Lipinski definition) is 3. The minimum atomic E-state index is 0.287. The molecule has 0 amide bonds. The first-order valence-electron chi connectivity index (χ1n) is 7.42. The highest BCUT2D eigenvalue weighted by molar-refractivity contribution is 7.99. The number of ether oxygens (including phenoxy) is 1. The molecule has 3 heteroatoms. The van der Waals surface area contributed by atoms with Crippen LogP contribution < -0.4 is 10.5 Å². The topological polar surface area (TPSA) is 35.2 Å². The van der Waals surface area contributed by atoms with Crippen LogP contribution in [-0.2, 0) is 12.8 Å². The van der Waals surface area contributed by atoms with Crippen molar-refractivity contribution in [1.29, 1.82) is 0 Å². The van der Waals surface area contributed by atoms with Crippen LogP contribution in [0.3, 0.4) is 0 Å². The van der Waals surface area contributed by atoms with E-state index in [-0.39, 0.29) is 5.25 Å². The van der Waals surface area contributed by atoms with Crippen LogP contribution in [-0.4, -0.2) is 13.7 Å². The van der Waals surface area contributed by atoms with Gasteiger partial charge in [0, 0.05) is 16.7 Å². The second-order valence-electron chi connectivity index (χ2n) is 5.40. The highest BCUT2D eigenvalue weighted by Crippen LogP contribution is 2.37. The summed E-state index contributed by atoms with van der Waals surface area (Å²) < 4.78 is 5.21. The molecule has 3 rings (SSSR count). The van der Waals surface area contributed by atoms with Gasteiger partial charge >= 0.3 is 0 Å². The van der Waals surface area contributed by atoms with E-state index in [4.69, 9.17) is 10.5 Å². The van der Waals surface area contributed by atoms with Gasteiger partial charge < -0.3 is 10.5 Å². The van der Waals surface area contributed by atoms with Crippen molar-refractivity contribution in [2.75, 3.05) is 13.7 Å². The maximum atomic E-state index is 5.98. The Kier molecular flexibility index (Phi) is 4.51. The monoisotopic (exact) mass is 299 g/mol. The van der Waals surface area contributed by atoms with Gasteiger partial charge in [0.1, 0.15) is 5.75 Å². The van der Waals surface area contributed by atoms with Crippen LogP contribution in [0.2, 0.25) is 0 Å². The summed E-state index contributed by atoms with van der Waals surface area (Å²) in [5.41, 5.74) is 10.3. The molecular formula is C18H21NOS. The lowest BCUT2D eigenvalue weighted by Gasteiger charge is -2.16. The zero-order chi connectivity index (χ0) is 14.7. The molecule has 1 aliphatic carbocycles. The highest BCUT2D eigenvalue weighted by atomic mass is 32.2. The maximum absolute atomic E-state index is 5.98. The predicted octanol–water partition coefficient (Wildman–Crippen LogP) is 3.98. The first-order valence-corrected chi connectivity index (χ1v) is 8.30. The molecule has 1 atom stereocenters. The molecule has 2 aromatic carbocycles. The molecule has 2 N–H and O–H groups in total. The average molecular weight is 299 g/mol. The summed E-state index contributed by atoms with van der Waals surface area (Å²) in [5, 5.41) is 0.287. The Hall–Kier alpha value is -1.45. The first kappa shape index (κ1) is 14.5. The Balaban J connectivity index is 1.77. The number of fused-ring (bicyclic) bond motifs is 1. The van der Waals surface area contributed by atoms with Gasteiger partial charge in [-0.05, 0) is 60.2 Å². The predicted molar refractivity (Wildman–Crippen MR) is 89.1 cm³/mol. The number of benzene rings is 2. The smallest absolute Gasteiger partial charge is 0.118 e. The summed E-state index contributed by atoms with van der Waals surface area (Å²) in [4.78, 5) is 1.32. The van der Waals surface area contributed by atoms with Crippen molar-refractivity contribution in [1.82, 2.24) is 0 Å². The van der Waals surface area contributed by atoms with Gasteiger partial charge in [-0.1, -0.05) is 18.2 Å². The molecule has 0 radical (unpaired) electrons. The largest absolute Gasteiger partial charge is 0.497 e. The van der Waals surface area contributed by atoms with Crippen molar-refractivity contribution in [3.8, 4) is 5.75 Å². The van der Waals surface area contributed by atoms with Crippen molar-refractivity contribution in [3.05, 3.63) is 59.2 Å². The second-order valence-corrected chi connectivity index (χ2v) is 6.68.